The summed E-state index contributed by atoms with van der Waals surface area (Å²) in [7, 11) is 1.26. The fourth-order valence-electron chi connectivity index (χ4n) is 2.24. The molecule has 0 aliphatic heterocycles. The number of methoxy groups -OCH3 is 1. The molecule has 0 spiro atoms. The average Bonchev–Trinajstić information content (AvgIpc) is 3.05. The molecule has 1 aromatic heterocycles. The molecule has 0 aliphatic carbocycles. The van der Waals surface area contributed by atoms with Gasteiger partial charge in [0.25, 0.3) is 5.91 Å². The highest BCUT2D eigenvalue weighted by molar-refractivity contribution is 6.36. The number of benzene rings is 1. The van der Waals surface area contributed by atoms with Crippen molar-refractivity contribution in [2.24, 2.45) is 5.92 Å². The number of oxazole rings is 1. The number of esters is 1. The van der Waals surface area contributed by atoms with Gasteiger partial charge in [0.2, 0.25) is 5.89 Å². The predicted octanol–water partition coefficient (Wildman–Crippen LogP) is 4.46. The summed E-state index contributed by atoms with van der Waals surface area (Å²) in [6.07, 6.45) is 2.00. The van der Waals surface area contributed by atoms with Gasteiger partial charge in [-0.1, -0.05) is 37.0 Å². The van der Waals surface area contributed by atoms with Gasteiger partial charge in [0.15, 0.2) is 5.69 Å². The lowest BCUT2D eigenvalue weighted by atomic mass is 10.1. The first-order valence-electron chi connectivity index (χ1n) is 8.08. The topological polar surface area (TPSA) is 72.6 Å². The lowest BCUT2D eigenvalue weighted by molar-refractivity contribution is 0.0594. The maximum absolute atomic E-state index is 12.9. The number of nitrogens with zero attached hydrogens (tertiary/aromatic N) is 2. The fraction of sp³-hybridized carbons (Fsp3) is 0.389. The Morgan fingerprint density at radius 2 is 2.04 bits per heavy atom. The number of halogens is 2. The van der Waals surface area contributed by atoms with E-state index in [0.717, 1.165) is 6.42 Å². The zero-order chi connectivity index (χ0) is 19.3. The van der Waals surface area contributed by atoms with E-state index >= 15 is 0 Å². The maximum atomic E-state index is 12.9. The summed E-state index contributed by atoms with van der Waals surface area (Å²) in [5.74, 6) is -0.209. The van der Waals surface area contributed by atoms with Crippen LogP contribution in [0.4, 0.5) is 0 Å². The summed E-state index contributed by atoms with van der Waals surface area (Å²) in [5.41, 5.74) is 0.405. The first kappa shape index (κ1) is 20.3. The van der Waals surface area contributed by atoms with Gasteiger partial charge in [-0.25, -0.2) is 9.78 Å². The van der Waals surface area contributed by atoms with Crippen LogP contribution in [0.5, 0.6) is 0 Å². The highest BCUT2D eigenvalue weighted by Crippen LogP contribution is 2.23. The van der Waals surface area contributed by atoms with E-state index in [9.17, 15) is 9.59 Å². The third kappa shape index (κ3) is 5.22. The number of hydrogen-bond donors (Lipinski definition) is 0. The van der Waals surface area contributed by atoms with Crippen LogP contribution in [-0.4, -0.2) is 35.4 Å². The summed E-state index contributed by atoms with van der Waals surface area (Å²) in [6.45, 7) is 4.74. The minimum absolute atomic E-state index is 0.0586. The van der Waals surface area contributed by atoms with Gasteiger partial charge in [0, 0.05) is 11.6 Å². The van der Waals surface area contributed by atoms with Gasteiger partial charge < -0.3 is 14.1 Å². The Balaban J connectivity index is 2.23. The SMILES string of the molecule is COC(=O)c1coc(CN(CCC(C)C)C(=O)c2ccc(Cl)cc2Cl)n1. The molecule has 1 amide bonds. The highest BCUT2D eigenvalue weighted by atomic mass is 35.5. The molecule has 0 N–H and O–H groups in total. The standard InChI is InChI=1S/C18H20Cl2N2O4/c1-11(2)6-7-22(9-16-21-15(10-26-16)18(24)25-3)17(23)13-5-4-12(19)8-14(13)20/h4-5,8,10-11H,6-7,9H2,1-3H3. The van der Waals surface area contributed by atoms with Crippen molar-refractivity contribution >= 4 is 35.1 Å². The molecule has 140 valence electrons. The molecule has 0 aliphatic rings. The highest BCUT2D eigenvalue weighted by Gasteiger charge is 2.22. The van der Waals surface area contributed by atoms with Crippen molar-refractivity contribution in [3.05, 3.63) is 51.7 Å². The van der Waals surface area contributed by atoms with E-state index in [0.29, 0.717) is 23.0 Å². The van der Waals surface area contributed by atoms with E-state index in [2.05, 4.69) is 23.6 Å². The summed E-state index contributed by atoms with van der Waals surface area (Å²) in [6, 6.07) is 4.73. The van der Waals surface area contributed by atoms with E-state index < -0.39 is 5.97 Å². The Morgan fingerprint density at radius 3 is 2.65 bits per heavy atom. The van der Waals surface area contributed by atoms with Crippen LogP contribution in [0.2, 0.25) is 10.0 Å². The van der Waals surface area contributed by atoms with Gasteiger partial charge >= 0.3 is 5.97 Å². The molecule has 0 fully saturated rings. The number of carbonyl (C=O) groups is 2. The van der Waals surface area contributed by atoms with E-state index in [1.54, 1.807) is 17.0 Å². The van der Waals surface area contributed by atoms with Crippen molar-refractivity contribution in [3.8, 4) is 0 Å². The minimum Gasteiger partial charge on any atom is -0.464 e. The lowest BCUT2D eigenvalue weighted by Gasteiger charge is -2.22. The third-order valence-electron chi connectivity index (χ3n) is 3.70. The van der Waals surface area contributed by atoms with Gasteiger partial charge in [-0.2, -0.15) is 0 Å². The minimum atomic E-state index is -0.596. The number of amides is 1. The molecule has 6 nitrogen and oxygen atoms in total. The Kier molecular flexibility index (Phi) is 7.06. The molecule has 2 rings (SSSR count). The quantitative estimate of drug-likeness (QED) is 0.643. The lowest BCUT2D eigenvalue weighted by Crippen LogP contribution is -2.32. The molecule has 0 atom stereocenters. The zero-order valence-corrected chi connectivity index (χ0v) is 16.3. The molecule has 0 saturated carbocycles. The van der Waals surface area contributed by atoms with Crippen LogP contribution in [-0.2, 0) is 11.3 Å². The summed E-state index contributed by atoms with van der Waals surface area (Å²) in [4.78, 5) is 30.1. The molecule has 26 heavy (non-hydrogen) atoms. The summed E-state index contributed by atoms with van der Waals surface area (Å²) in [5, 5.41) is 0.732. The summed E-state index contributed by atoms with van der Waals surface area (Å²) < 4.78 is 9.91. The van der Waals surface area contributed by atoms with Crippen molar-refractivity contribution in [2.75, 3.05) is 13.7 Å². The van der Waals surface area contributed by atoms with E-state index in [1.165, 1.54) is 19.4 Å². The Morgan fingerprint density at radius 1 is 1.31 bits per heavy atom. The monoisotopic (exact) mass is 398 g/mol. The molecule has 0 bridgehead atoms. The van der Waals surface area contributed by atoms with Crippen molar-refractivity contribution in [2.45, 2.75) is 26.8 Å². The van der Waals surface area contributed by atoms with Crippen molar-refractivity contribution < 1.29 is 18.7 Å². The van der Waals surface area contributed by atoms with E-state index in [-0.39, 0.29) is 29.1 Å². The molecular formula is C18H20Cl2N2O4. The van der Waals surface area contributed by atoms with Crippen LogP contribution in [0.3, 0.4) is 0 Å². The maximum Gasteiger partial charge on any atom is 0.360 e. The molecular weight excluding hydrogens is 379 g/mol. The van der Waals surface area contributed by atoms with E-state index in [1.807, 2.05) is 0 Å². The second-order valence-electron chi connectivity index (χ2n) is 6.15. The number of rotatable bonds is 7. The fourth-order valence-corrected chi connectivity index (χ4v) is 2.73. The number of ether oxygens (including phenoxy) is 1. The van der Waals surface area contributed by atoms with Crippen LogP contribution in [0, 0.1) is 5.92 Å². The Hall–Kier alpha value is -2.05. The smallest absolute Gasteiger partial charge is 0.360 e. The first-order valence-corrected chi connectivity index (χ1v) is 8.84. The second kappa shape index (κ2) is 9.05. The average molecular weight is 399 g/mol. The van der Waals surface area contributed by atoms with Crippen molar-refractivity contribution in [1.29, 1.82) is 0 Å². The van der Waals surface area contributed by atoms with Crippen molar-refractivity contribution in [1.82, 2.24) is 9.88 Å². The molecule has 1 heterocycles. The van der Waals surface area contributed by atoms with Crippen LogP contribution in [0.15, 0.2) is 28.9 Å². The predicted molar refractivity (Wildman–Crippen MR) is 98.5 cm³/mol. The van der Waals surface area contributed by atoms with E-state index in [4.69, 9.17) is 27.6 Å². The molecule has 2 aromatic rings. The van der Waals surface area contributed by atoms with Gasteiger partial charge in [0.05, 0.1) is 24.2 Å². The number of carbonyl (C=O) groups excluding carboxylic acids is 2. The van der Waals surface area contributed by atoms with Crippen molar-refractivity contribution in [3.63, 3.8) is 0 Å². The zero-order valence-electron chi connectivity index (χ0n) is 14.8. The number of hydrogen-bond acceptors (Lipinski definition) is 5. The third-order valence-corrected chi connectivity index (χ3v) is 4.25. The molecule has 1 aromatic carbocycles. The van der Waals surface area contributed by atoms with Gasteiger partial charge in [0.1, 0.15) is 6.26 Å². The Labute approximate surface area is 162 Å². The van der Waals surface area contributed by atoms with Gasteiger partial charge in [-0.3, -0.25) is 4.79 Å². The summed E-state index contributed by atoms with van der Waals surface area (Å²) >= 11 is 12.1. The number of aromatic nitrogens is 1. The first-order chi connectivity index (χ1) is 12.3. The molecule has 8 heteroatoms. The second-order valence-corrected chi connectivity index (χ2v) is 7.00. The molecule has 0 radical (unpaired) electrons. The van der Waals surface area contributed by atoms with Gasteiger partial charge in [-0.05, 0) is 30.5 Å². The largest absolute Gasteiger partial charge is 0.464 e. The normalized spacial score (nSPS) is 10.8. The molecule has 0 saturated heterocycles. The Bertz CT molecular complexity index is 789. The van der Waals surface area contributed by atoms with Crippen LogP contribution in [0.25, 0.3) is 0 Å². The van der Waals surface area contributed by atoms with Crippen LogP contribution >= 0.6 is 23.2 Å². The van der Waals surface area contributed by atoms with Gasteiger partial charge in [-0.15, -0.1) is 0 Å². The van der Waals surface area contributed by atoms with Crippen LogP contribution < -0.4 is 0 Å². The molecule has 0 unspecified atom stereocenters. The van der Waals surface area contributed by atoms with Crippen LogP contribution in [0.1, 0.15) is 47.0 Å².